The molecule has 130 valence electrons. The number of nitrogens with one attached hydrogen (secondary N) is 2. The fraction of sp³-hybridized carbons (Fsp3) is 0.611. The summed E-state index contributed by atoms with van der Waals surface area (Å²) in [5, 5.41) is 6.35. The third-order valence-corrected chi connectivity index (χ3v) is 3.84. The Hall–Kier alpha value is -1.26. The smallest absolute Gasteiger partial charge is 0.221 e. The highest BCUT2D eigenvalue weighted by atomic mass is 35.5. The van der Waals surface area contributed by atoms with Crippen LogP contribution in [0.5, 0.6) is 5.75 Å². The zero-order valence-electron chi connectivity index (χ0n) is 14.1. The van der Waals surface area contributed by atoms with E-state index >= 15 is 0 Å². The fourth-order valence-corrected chi connectivity index (χ4v) is 2.59. The van der Waals surface area contributed by atoms with Crippen LogP contribution in [0, 0.1) is 5.92 Å². The summed E-state index contributed by atoms with van der Waals surface area (Å²) in [5.41, 5.74) is 1.22. The summed E-state index contributed by atoms with van der Waals surface area (Å²) in [4.78, 5) is 11.8. The van der Waals surface area contributed by atoms with Crippen LogP contribution < -0.4 is 15.4 Å². The van der Waals surface area contributed by atoms with Gasteiger partial charge >= 0.3 is 0 Å². The lowest BCUT2D eigenvalue weighted by Gasteiger charge is -2.11. The van der Waals surface area contributed by atoms with Gasteiger partial charge in [0.15, 0.2) is 0 Å². The molecule has 2 N–H and O–H groups in total. The number of hydrogen-bond acceptors (Lipinski definition) is 3. The summed E-state index contributed by atoms with van der Waals surface area (Å²) < 4.78 is 5.66. The predicted molar refractivity (Wildman–Crippen MR) is 96.4 cm³/mol. The van der Waals surface area contributed by atoms with Gasteiger partial charge in [0.25, 0.3) is 0 Å². The van der Waals surface area contributed by atoms with Crippen molar-refractivity contribution in [1.29, 1.82) is 0 Å². The molecule has 1 unspecified atom stereocenters. The van der Waals surface area contributed by atoms with Crippen LogP contribution in [-0.4, -0.2) is 31.6 Å². The van der Waals surface area contributed by atoms with Crippen LogP contribution in [0.15, 0.2) is 24.3 Å². The summed E-state index contributed by atoms with van der Waals surface area (Å²) in [6.07, 6.45) is 3.75. The Morgan fingerprint density at radius 3 is 2.70 bits per heavy atom. The first-order valence-corrected chi connectivity index (χ1v) is 8.35. The molecule has 23 heavy (non-hydrogen) atoms. The van der Waals surface area contributed by atoms with Crippen molar-refractivity contribution in [1.82, 2.24) is 10.6 Å². The van der Waals surface area contributed by atoms with Crippen LogP contribution >= 0.6 is 12.4 Å². The SMILES string of the molecule is CC(C)COc1ccc(CCNC(=O)CC2CCCN2)cc1.Cl. The molecule has 0 spiro atoms. The van der Waals surface area contributed by atoms with E-state index in [1.165, 1.54) is 12.0 Å². The molecule has 1 saturated heterocycles. The van der Waals surface area contributed by atoms with Gasteiger partial charge in [-0.25, -0.2) is 0 Å². The maximum atomic E-state index is 11.8. The summed E-state index contributed by atoms with van der Waals surface area (Å²) in [7, 11) is 0. The Morgan fingerprint density at radius 1 is 1.35 bits per heavy atom. The lowest BCUT2D eigenvalue weighted by atomic mass is 10.1. The van der Waals surface area contributed by atoms with E-state index in [-0.39, 0.29) is 18.3 Å². The summed E-state index contributed by atoms with van der Waals surface area (Å²) >= 11 is 0. The van der Waals surface area contributed by atoms with E-state index in [4.69, 9.17) is 4.74 Å². The van der Waals surface area contributed by atoms with Crippen molar-refractivity contribution < 1.29 is 9.53 Å². The van der Waals surface area contributed by atoms with Crippen LogP contribution in [0.3, 0.4) is 0 Å². The van der Waals surface area contributed by atoms with Gasteiger partial charge in [-0.15, -0.1) is 12.4 Å². The molecule has 1 aliphatic rings. The normalized spacial score (nSPS) is 16.9. The number of halogens is 1. The second kappa shape index (κ2) is 10.5. The average molecular weight is 341 g/mol. The van der Waals surface area contributed by atoms with Crippen LogP contribution in [0.1, 0.15) is 38.7 Å². The third-order valence-electron chi connectivity index (χ3n) is 3.84. The Kier molecular flexibility index (Phi) is 9.03. The van der Waals surface area contributed by atoms with Crippen LogP contribution in [0.2, 0.25) is 0 Å². The van der Waals surface area contributed by atoms with E-state index in [1.807, 2.05) is 12.1 Å². The quantitative estimate of drug-likeness (QED) is 0.765. The molecule has 1 fully saturated rings. The van der Waals surface area contributed by atoms with Gasteiger partial charge in [0, 0.05) is 19.0 Å². The molecule has 0 radical (unpaired) electrons. The Bertz CT molecular complexity index is 457. The Morgan fingerprint density at radius 2 is 2.09 bits per heavy atom. The van der Waals surface area contributed by atoms with Gasteiger partial charge in [-0.2, -0.15) is 0 Å². The largest absolute Gasteiger partial charge is 0.493 e. The van der Waals surface area contributed by atoms with Crippen molar-refractivity contribution in [2.75, 3.05) is 19.7 Å². The van der Waals surface area contributed by atoms with Crippen molar-refractivity contribution in [3.05, 3.63) is 29.8 Å². The highest BCUT2D eigenvalue weighted by Crippen LogP contribution is 2.13. The number of hydrogen-bond donors (Lipinski definition) is 2. The zero-order valence-corrected chi connectivity index (χ0v) is 15.0. The molecule has 1 aromatic rings. The second-order valence-corrected chi connectivity index (χ2v) is 6.45. The number of ether oxygens (including phenoxy) is 1. The zero-order chi connectivity index (χ0) is 15.8. The first-order valence-electron chi connectivity index (χ1n) is 8.35. The number of benzene rings is 1. The van der Waals surface area contributed by atoms with E-state index in [0.29, 0.717) is 24.9 Å². The van der Waals surface area contributed by atoms with E-state index in [9.17, 15) is 4.79 Å². The molecule has 1 aliphatic heterocycles. The van der Waals surface area contributed by atoms with Crippen molar-refractivity contribution in [2.24, 2.45) is 5.92 Å². The van der Waals surface area contributed by atoms with E-state index in [0.717, 1.165) is 31.7 Å². The van der Waals surface area contributed by atoms with Gasteiger partial charge in [0.2, 0.25) is 5.91 Å². The molecule has 5 heteroatoms. The van der Waals surface area contributed by atoms with E-state index in [2.05, 4.69) is 36.6 Å². The molecule has 1 atom stereocenters. The van der Waals surface area contributed by atoms with Crippen molar-refractivity contribution >= 4 is 18.3 Å². The minimum absolute atomic E-state index is 0. The van der Waals surface area contributed by atoms with Crippen molar-refractivity contribution in [3.63, 3.8) is 0 Å². The number of rotatable bonds is 8. The van der Waals surface area contributed by atoms with Gasteiger partial charge < -0.3 is 15.4 Å². The van der Waals surface area contributed by atoms with E-state index < -0.39 is 0 Å². The van der Waals surface area contributed by atoms with Crippen molar-refractivity contribution in [2.45, 2.75) is 45.6 Å². The molecule has 1 amide bonds. The molecule has 0 aliphatic carbocycles. The van der Waals surface area contributed by atoms with Crippen LogP contribution in [0.4, 0.5) is 0 Å². The molecule has 1 aromatic carbocycles. The first-order chi connectivity index (χ1) is 10.6. The number of carbonyl (C=O) groups is 1. The van der Waals surface area contributed by atoms with Crippen LogP contribution in [0.25, 0.3) is 0 Å². The fourth-order valence-electron chi connectivity index (χ4n) is 2.59. The summed E-state index contributed by atoms with van der Waals surface area (Å²) in [6.45, 7) is 6.75. The molecule has 2 rings (SSSR count). The van der Waals surface area contributed by atoms with Gasteiger partial charge in [-0.1, -0.05) is 26.0 Å². The van der Waals surface area contributed by atoms with Gasteiger partial charge in [-0.3, -0.25) is 4.79 Å². The van der Waals surface area contributed by atoms with Gasteiger partial charge in [-0.05, 0) is 49.4 Å². The standard InChI is InChI=1S/C18H28N2O2.ClH/c1-14(2)13-22-17-7-5-15(6-8-17)9-11-20-18(21)12-16-4-3-10-19-16;/h5-8,14,16,19H,3-4,9-13H2,1-2H3,(H,20,21);1H. The van der Waals surface area contributed by atoms with Gasteiger partial charge in [0.1, 0.15) is 5.75 Å². The molecule has 0 bridgehead atoms. The van der Waals surface area contributed by atoms with Crippen molar-refractivity contribution in [3.8, 4) is 5.75 Å². The van der Waals surface area contributed by atoms with Crippen LogP contribution in [-0.2, 0) is 11.2 Å². The molecular weight excluding hydrogens is 312 g/mol. The third kappa shape index (κ3) is 7.71. The molecule has 1 heterocycles. The minimum Gasteiger partial charge on any atom is -0.493 e. The Labute approximate surface area is 145 Å². The highest BCUT2D eigenvalue weighted by Gasteiger charge is 2.17. The first kappa shape index (κ1) is 19.8. The summed E-state index contributed by atoms with van der Waals surface area (Å²) in [5.74, 6) is 1.59. The number of amides is 1. The molecule has 4 nitrogen and oxygen atoms in total. The maximum Gasteiger partial charge on any atom is 0.221 e. The lowest BCUT2D eigenvalue weighted by Crippen LogP contribution is -2.32. The topological polar surface area (TPSA) is 50.4 Å². The minimum atomic E-state index is 0. The van der Waals surface area contributed by atoms with E-state index in [1.54, 1.807) is 0 Å². The predicted octanol–water partition coefficient (Wildman–Crippen LogP) is 2.94. The molecule has 0 aromatic heterocycles. The average Bonchev–Trinajstić information content (AvgIpc) is 2.99. The molecular formula is C18H29ClN2O2. The highest BCUT2D eigenvalue weighted by molar-refractivity contribution is 5.85. The maximum absolute atomic E-state index is 11.8. The van der Waals surface area contributed by atoms with Gasteiger partial charge in [0.05, 0.1) is 6.61 Å². The Balaban J connectivity index is 0.00000264. The summed E-state index contributed by atoms with van der Waals surface area (Å²) in [6, 6.07) is 8.52. The lowest BCUT2D eigenvalue weighted by molar-refractivity contribution is -0.121. The molecule has 0 saturated carbocycles. The number of carbonyl (C=O) groups excluding carboxylic acids is 1. The monoisotopic (exact) mass is 340 g/mol. The second-order valence-electron chi connectivity index (χ2n) is 6.45.